The molecule has 1 amide bonds. The number of rotatable bonds is 10. The normalized spacial score (nSPS) is 11.6. The molecule has 0 fully saturated rings. The zero-order valence-corrected chi connectivity index (χ0v) is 18.5. The lowest BCUT2D eigenvalue weighted by molar-refractivity contribution is -0.121. The monoisotopic (exact) mass is 451 g/mol. The summed E-state index contributed by atoms with van der Waals surface area (Å²) in [5.74, 6) is 0.199. The van der Waals surface area contributed by atoms with Crippen molar-refractivity contribution in [1.82, 2.24) is 9.73 Å². The number of hydrazone groups is 1. The van der Waals surface area contributed by atoms with Gasteiger partial charge in [0.2, 0.25) is 10.0 Å². The van der Waals surface area contributed by atoms with Crippen LogP contribution < -0.4 is 10.2 Å². The standard InChI is InChI=1S/C24H25N3O4S/c1-32(29,30)27(17-21-8-4-2-5-9-21)18-24(28)26-25-16-20-12-14-23(15-13-20)31-19-22-10-6-3-7-11-22/h2-16H,17-19H2,1H3,(H,26,28)/b25-16-. The predicted octanol–water partition coefficient (Wildman–Crippen LogP) is 3.18. The molecule has 0 bridgehead atoms. The Hall–Kier alpha value is -3.49. The van der Waals surface area contributed by atoms with Gasteiger partial charge in [0.15, 0.2) is 0 Å². The van der Waals surface area contributed by atoms with Gasteiger partial charge in [-0.1, -0.05) is 60.7 Å². The van der Waals surface area contributed by atoms with Gasteiger partial charge in [0.05, 0.1) is 19.0 Å². The van der Waals surface area contributed by atoms with Crippen molar-refractivity contribution in [2.24, 2.45) is 5.10 Å². The Morgan fingerprint density at radius 3 is 2.12 bits per heavy atom. The van der Waals surface area contributed by atoms with Crippen LogP contribution in [0.3, 0.4) is 0 Å². The van der Waals surface area contributed by atoms with Crippen LogP contribution in [-0.4, -0.2) is 37.6 Å². The van der Waals surface area contributed by atoms with Gasteiger partial charge >= 0.3 is 0 Å². The van der Waals surface area contributed by atoms with Crippen molar-refractivity contribution in [2.45, 2.75) is 13.2 Å². The first-order chi connectivity index (χ1) is 15.4. The summed E-state index contributed by atoms with van der Waals surface area (Å²) in [7, 11) is -3.56. The van der Waals surface area contributed by atoms with E-state index in [1.165, 1.54) is 6.21 Å². The molecule has 0 spiro atoms. The Morgan fingerprint density at radius 1 is 0.938 bits per heavy atom. The molecular weight excluding hydrogens is 426 g/mol. The van der Waals surface area contributed by atoms with Crippen molar-refractivity contribution < 1.29 is 17.9 Å². The summed E-state index contributed by atoms with van der Waals surface area (Å²) in [5.41, 5.74) is 5.01. The molecule has 0 aliphatic carbocycles. The molecule has 3 aromatic rings. The van der Waals surface area contributed by atoms with Crippen LogP contribution in [0, 0.1) is 0 Å². The lowest BCUT2D eigenvalue weighted by Gasteiger charge is -2.18. The van der Waals surface area contributed by atoms with Crippen LogP contribution in [0.1, 0.15) is 16.7 Å². The Morgan fingerprint density at radius 2 is 1.53 bits per heavy atom. The number of nitrogens with one attached hydrogen (secondary N) is 1. The number of hydrogen-bond acceptors (Lipinski definition) is 5. The molecule has 0 saturated heterocycles. The van der Waals surface area contributed by atoms with E-state index >= 15 is 0 Å². The molecule has 1 N–H and O–H groups in total. The lowest BCUT2D eigenvalue weighted by Crippen LogP contribution is -2.38. The van der Waals surface area contributed by atoms with Crippen molar-refractivity contribution in [2.75, 3.05) is 12.8 Å². The van der Waals surface area contributed by atoms with E-state index < -0.39 is 15.9 Å². The highest BCUT2D eigenvalue weighted by Gasteiger charge is 2.20. The molecule has 0 unspecified atom stereocenters. The molecule has 0 heterocycles. The average molecular weight is 452 g/mol. The average Bonchev–Trinajstić information content (AvgIpc) is 2.79. The first-order valence-corrected chi connectivity index (χ1v) is 11.8. The second-order valence-corrected chi connectivity index (χ2v) is 9.14. The maximum atomic E-state index is 12.2. The number of sulfonamides is 1. The molecule has 32 heavy (non-hydrogen) atoms. The number of nitrogens with zero attached hydrogens (tertiary/aromatic N) is 2. The third-order valence-electron chi connectivity index (χ3n) is 4.52. The van der Waals surface area contributed by atoms with E-state index in [-0.39, 0.29) is 13.1 Å². The van der Waals surface area contributed by atoms with Gasteiger partial charge in [-0.25, -0.2) is 13.8 Å². The second kappa shape index (κ2) is 11.2. The lowest BCUT2D eigenvalue weighted by atomic mass is 10.2. The topological polar surface area (TPSA) is 88.1 Å². The summed E-state index contributed by atoms with van der Waals surface area (Å²) < 4.78 is 30.9. The Balaban J connectivity index is 1.50. The zero-order valence-electron chi connectivity index (χ0n) is 17.7. The molecule has 0 atom stereocenters. The SMILES string of the molecule is CS(=O)(=O)N(CC(=O)N/N=C\c1ccc(OCc2ccccc2)cc1)Cc1ccccc1. The van der Waals surface area contributed by atoms with E-state index in [4.69, 9.17) is 4.74 Å². The van der Waals surface area contributed by atoms with E-state index in [1.54, 1.807) is 0 Å². The largest absolute Gasteiger partial charge is 0.489 e. The van der Waals surface area contributed by atoms with E-state index in [0.29, 0.717) is 6.61 Å². The summed E-state index contributed by atoms with van der Waals surface area (Å²) in [6.07, 6.45) is 2.56. The fourth-order valence-corrected chi connectivity index (χ4v) is 3.58. The van der Waals surface area contributed by atoms with Gasteiger partial charge in [0.25, 0.3) is 5.91 Å². The van der Waals surface area contributed by atoms with E-state index in [9.17, 15) is 13.2 Å². The van der Waals surface area contributed by atoms with Gasteiger partial charge in [0.1, 0.15) is 12.4 Å². The number of amides is 1. The summed E-state index contributed by atoms with van der Waals surface area (Å²) in [6, 6.07) is 26.2. The summed E-state index contributed by atoms with van der Waals surface area (Å²) >= 11 is 0. The van der Waals surface area contributed by atoms with Crippen LogP contribution >= 0.6 is 0 Å². The molecule has 0 aliphatic heterocycles. The minimum absolute atomic E-state index is 0.112. The molecule has 0 radical (unpaired) electrons. The molecule has 3 aromatic carbocycles. The molecule has 0 aliphatic rings. The first kappa shape index (κ1) is 23.2. The molecule has 3 rings (SSSR count). The van der Waals surface area contributed by atoms with Crippen molar-refractivity contribution in [3.63, 3.8) is 0 Å². The maximum Gasteiger partial charge on any atom is 0.255 e. The van der Waals surface area contributed by atoms with Crippen molar-refractivity contribution in [3.8, 4) is 5.75 Å². The van der Waals surface area contributed by atoms with Crippen LogP contribution in [0.5, 0.6) is 5.75 Å². The number of ether oxygens (including phenoxy) is 1. The summed E-state index contributed by atoms with van der Waals surface area (Å²) in [4.78, 5) is 12.2. The first-order valence-electron chi connectivity index (χ1n) is 9.98. The zero-order chi connectivity index (χ0) is 22.8. The molecule has 0 saturated carbocycles. The third kappa shape index (κ3) is 7.64. The van der Waals surface area contributed by atoms with E-state index in [1.807, 2.05) is 84.9 Å². The maximum absolute atomic E-state index is 12.2. The van der Waals surface area contributed by atoms with Crippen LogP contribution in [-0.2, 0) is 28.0 Å². The van der Waals surface area contributed by atoms with Crippen LogP contribution in [0.25, 0.3) is 0 Å². The Labute approximate surface area is 188 Å². The van der Waals surface area contributed by atoms with Crippen LogP contribution in [0.2, 0.25) is 0 Å². The summed E-state index contributed by atoms with van der Waals surface area (Å²) in [5, 5.41) is 3.92. The number of hydrogen-bond donors (Lipinski definition) is 1. The minimum atomic E-state index is -3.56. The highest BCUT2D eigenvalue weighted by molar-refractivity contribution is 7.88. The number of carbonyl (C=O) groups excluding carboxylic acids is 1. The van der Waals surface area contributed by atoms with Crippen LogP contribution in [0.4, 0.5) is 0 Å². The molecule has 166 valence electrons. The van der Waals surface area contributed by atoms with Crippen molar-refractivity contribution in [3.05, 3.63) is 102 Å². The molecule has 8 heteroatoms. The molecule has 0 aromatic heterocycles. The van der Waals surface area contributed by atoms with Crippen molar-refractivity contribution in [1.29, 1.82) is 0 Å². The van der Waals surface area contributed by atoms with Gasteiger partial charge in [-0.05, 0) is 41.0 Å². The Kier molecular flexibility index (Phi) is 8.13. The minimum Gasteiger partial charge on any atom is -0.489 e. The van der Waals surface area contributed by atoms with Gasteiger partial charge in [-0.15, -0.1) is 0 Å². The summed E-state index contributed by atoms with van der Waals surface area (Å²) in [6.45, 7) is 0.267. The van der Waals surface area contributed by atoms with Gasteiger partial charge < -0.3 is 4.74 Å². The van der Waals surface area contributed by atoms with Gasteiger partial charge in [-0.3, -0.25) is 4.79 Å². The fourth-order valence-electron chi connectivity index (χ4n) is 2.84. The quantitative estimate of drug-likeness (QED) is 0.379. The van der Waals surface area contributed by atoms with Gasteiger partial charge in [0, 0.05) is 6.54 Å². The number of benzene rings is 3. The molecule has 7 nitrogen and oxygen atoms in total. The van der Waals surface area contributed by atoms with E-state index in [0.717, 1.165) is 33.0 Å². The second-order valence-electron chi connectivity index (χ2n) is 7.15. The predicted molar refractivity (Wildman–Crippen MR) is 125 cm³/mol. The highest BCUT2D eigenvalue weighted by atomic mass is 32.2. The number of carbonyl (C=O) groups is 1. The third-order valence-corrected chi connectivity index (χ3v) is 5.72. The Bertz CT molecular complexity index is 1130. The van der Waals surface area contributed by atoms with E-state index in [2.05, 4.69) is 10.5 Å². The fraction of sp³-hybridized carbons (Fsp3) is 0.167. The van der Waals surface area contributed by atoms with Crippen LogP contribution in [0.15, 0.2) is 90.0 Å². The van der Waals surface area contributed by atoms with Gasteiger partial charge in [-0.2, -0.15) is 9.41 Å². The molecular formula is C24H25N3O4S. The smallest absolute Gasteiger partial charge is 0.255 e. The highest BCUT2D eigenvalue weighted by Crippen LogP contribution is 2.13. The van der Waals surface area contributed by atoms with Crippen molar-refractivity contribution >= 4 is 22.1 Å².